The van der Waals surface area contributed by atoms with Gasteiger partial charge in [-0.1, -0.05) is 32.9 Å². The van der Waals surface area contributed by atoms with E-state index in [1.54, 1.807) is 32.4 Å². The molecule has 0 saturated heterocycles. The van der Waals surface area contributed by atoms with Crippen LogP contribution < -0.4 is 20.1 Å². The van der Waals surface area contributed by atoms with Crippen molar-refractivity contribution in [1.29, 1.82) is 0 Å². The number of urea groups is 1. The molecule has 0 radical (unpaired) electrons. The molecule has 0 heterocycles. The predicted octanol–water partition coefficient (Wildman–Crippen LogP) is 4.65. The molecule has 2 rings (SSSR count). The lowest BCUT2D eigenvalue weighted by Crippen LogP contribution is -2.19. The minimum absolute atomic E-state index is 0.0813. The van der Waals surface area contributed by atoms with Crippen LogP contribution in [0.3, 0.4) is 0 Å². The maximum atomic E-state index is 12.2. The lowest BCUT2D eigenvalue weighted by atomic mass is 9.87. The molecule has 0 saturated carbocycles. The highest BCUT2D eigenvalue weighted by atomic mass is 16.5. The Morgan fingerprint density at radius 2 is 1.33 bits per heavy atom. The van der Waals surface area contributed by atoms with E-state index in [9.17, 15) is 4.79 Å². The molecule has 2 N–H and O–H groups in total. The summed E-state index contributed by atoms with van der Waals surface area (Å²) in [5, 5.41) is 5.59. The minimum atomic E-state index is -0.325. The maximum Gasteiger partial charge on any atom is 0.323 e. The SMILES string of the molecule is COc1cc(NC(=O)Nc2ccc(C(C)(C)C)cc2)cc(OC)c1. The van der Waals surface area contributed by atoms with Gasteiger partial charge in [0.2, 0.25) is 0 Å². The number of carbonyl (C=O) groups excluding carboxylic acids is 1. The predicted molar refractivity (Wildman–Crippen MR) is 97.3 cm³/mol. The molecular weight excluding hydrogens is 304 g/mol. The van der Waals surface area contributed by atoms with E-state index in [4.69, 9.17) is 9.47 Å². The number of carbonyl (C=O) groups is 1. The molecular formula is C19H24N2O3. The number of benzene rings is 2. The standard InChI is InChI=1S/C19H24N2O3/c1-19(2,3)13-6-8-14(9-7-13)20-18(22)21-15-10-16(23-4)12-17(11-15)24-5/h6-12H,1-5H3,(H2,20,21,22). The molecule has 0 unspecified atom stereocenters. The number of rotatable bonds is 4. The number of anilines is 2. The zero-order chi connectivity index (χ0) is 17.7. The van der Waals surface area contributed by atoms with Crippen LogP contribution in [0.2, 0.25) is 0 Å². The summed E-state index contributed by atoms with van der Waals surface area (Å²) in [5.74, 6) is 1.22. The van der Waals surface area contributed by atoms with Crippen molar-refractivity contribution in [2.45, 2.75) is 26.2 Å². The maximum absolute atomic E-state index is 12.2. The van der Waals surface area contributed by atoms with Crippen molar-refractivity contribution < 1.29 is 14.3 Å². The van der Waals surface area contributed by atoms with E-state index in [-0.39, 0.29) is 11.4 Å². The number of nitrogens with one attached hydrogen (secondary N) is 2. The Hall–Kier alpha value is -2.69. The fourth-order valence-corrected chi connectivity index (χ4v) is 2.23. The molecule has 24 heavy (non-hydrogen) atoms. The second-order valence-electron chi connectivity index (χ2n) is 6.51. The molecule has 0 fully saturated rings. The van der Waals surface area contributed by atoms with Crippen LogP contribution in [0.25, 0.3) is 0 Å². The van der Waals surface area contributed by atoms with Crippen LogP contribution >= 0.6 is 0 Å². The molecule has 5 nitrogen and oxygen atoms in total. The highest BCUT2D eigenvalue weighted by Crippen LogP contribution is 2.26. The van der Waals surface area contributed by atoms with Gasteiger partial charge in [0.15, 0.2) is 0 Å². The molecule has 0 bridgehead atoms. The third kappa shape index (κ3) is 4.65. The molecule has 5 heteroatoms. The average molecular weight is 328 g/mol. The Bertz CT molecular complexity index is 681. The summed E-state index contributed by atoms with van der Waals surface area (Å²) in [5.41, 5.74) is 2.62. The van der Waals surface area contributed by atoms with Crippen LogP contribution in [0.4, 0.5) is 16.2 Å². The molecule has 0 aliphatic carbocycles. The number of ether oxygens (including phenoxy) is 2. The third-order valence-corrected chi connectivity index (χ3v) is 3.62. The second-order valence-corrected chi connectivity index (χ2v) is 6.51. The first-order valence-corrected chi connectivity index (χ1v) is 7.73. The van der Waals surface area contributed by atoms with Gasteiger partial charge >= 0.3 is 6.03 Å². The van der Waals surface area contributed by atoms with E-state index in [1.807, 2.05) is 24.3 Å². The second kappa shape index (κ2) is 7.25. The lowest BCUT2D eigenvalue weighted by molar-refractivity contribution is 0.262. The average Bonchev–Trinajstić information content (AvgIpc) is 2.53. The van der Waals surface area contributed by atoms with Crippen molar-refractivity contribution in [3.05, 3.63) is 48.0 Å². The van der Waals surface area contributed by atoms with E-state index >= 15 is 0 Å². The molecule has 0 aromatic heterocycles. The van der Waals surface area contributed by atoms with Gasteiger partial charge in [-0.3, -0.25) is 0 Å². The van der Waals surface area contributed by atoms with Crippen LogP contribution in [0.15, 0.2) is 42.5 Å². The van der Waals surface area contributed by atoms with Gasteiger partial charge in [-0.05, 0) is 23.1 Å². The Morgan fingerprint density at radius 3 is 1.79 bits per heavy atom. The lowest BCUT2D eigenvalue weighted by Gasteiger charge is -2.19. The topological polar surface area (TPSA) is 59.6 Å². The number of amides is 2. The Kier molecular flexibility index (Phi) is 5.34. The molecule has 128 valence electrons. The third-order valence-electron chi connectivity index (χ3n) is 3.62. The van der Waals surface area contributed by atoms with Crippen molar-refractivity contribution in [1.82, 2.24) is 0 Å². The Labute approximate surface area is 143 Å². The van der Waals surface area contributed by atoms with E-state index in [1.165, 1.54) is 5.56 Å². The molecule has 2 amide bonds. The Balaban J connectivity index is 2.05. The zero-order valence-electron chi connectivity index (χ0n) is 14.8. The minimum Gasteiger partial charge on any atom is -0.497 e. The van der Waals surface area contributed by atoms with Gasteiger partial charge in [0, 0.05) is 29.6 Å². The number of hydrogen-bond acceptors (Lipinski definition) is 3. The normalized spacial score (nSPS) is 10.9. The highest BCUT2D eigenvalue weighted by molar-refractivity contribution is 6.00. The molecule has 0 atom stereocenters. The van der Waals surface area contributed by atoms with Gasteiger partial charge in [-0.2, -0.15) is 0 Å². The zero-order valence-corrected chi connectivity index (χ0v) is 14.8. The van der Waals surface area contributed by atoms with Crippen molar-refractivity contribution >= 4 is 17.4 Å². The molecule has 2 aromatic carbocycles. The summed E-state index contributed by atoms with van der Waals surface area (Å²) < 4.78 is 10.4. The van der Waals surface area contributed by atoms with Crippen molar-refractivity contribution in [2.75, 3.05) is 24.9 Å². The highest BCUT2D eigenvalue weighted by Gasteiger charge is 2.13. The number of hydrogen-bond donors (Lipinski definition) is 2. The summed E-state index contributed by atoms with van der Waals surface area (Å²) in [7, 11) is 3.13. The van der Waals surface area contributed by atoms with Gasteiger partial charge in [0.1, 0.15) is 11.5 Å². The summed E-state index contributed by atoms with van der Waals surface area (Å²) in [6.45, 7) is 6.45. The molecule has 2 aromatic rings. The van der Waals surface area contributed by atoms with Crippen LogP contribution in [0.5, 0.6) is 11.5 Å². The fraction of sp³-hybridized carbons (Fsp3) is 0.316. The van der Waals surface area contributed by atoms with Gasteiger partial charge < -0.3 is 20.1 Å². The van der Waals surface area contributed by atoms with Gasteiger partial charge in [-0.25, -0.2) is 4.79 Å². The summed E-state index contributed by atoms with van der Waals surface area (Å²) in [6, 6.07) is 12.7. The quantitative estimate of drug-likeness (QED) is 0.859. The van der Waals surface area contributed by atoms with E-state index < -0.39 is 0 Å². The summed E-state index contributed by atoms with van der Waals surface area (Å²) in [6.07, 6.45) is 0. The van der Waals surface area contributed by atoms with Crippen LogP contribution in [0, 0.1) is 0 Å². The summed E-state index contributed by atoms with van der Waals surface area (Å²) in [4.78, 5) is 12.2. The van der Waals surface area contributed by atoms with E-state index in [2.05, 4.69) is 31.4 Å². The first kappa shape index (κ1) is 17.7. The van der Waals surface area contributed by atoms with E-state index in [0.29, 0.717) is 17.2 Å². The monoisotopic (exact) mass is 328 g/mol. The van der Waals surface area contributed by atoms with Gasteiger partial charge in [0.25, 0.3) is 0 Å². The fourth-order valence-electron chi connectivity index (χ4n) is 2.23. The van der Waals surface area contributed by atoms with Gasteiger partial charge in [0.05, 0.1) is 14.2 Å². The van der Waals surface area contributed by atoms with Crippen LogP contribution in [-0.2, 0) is 5.41 Å². The van der Waals surface area contributed by atoms with Crippen molar-refractivity contribution in [2.24, 2.45) is 0 Å². The van der Waals surface area contributed by atoms with Crippen molar-refractivity contribution in [3.8, 4) is 11.5 Å². The van der Waals surface area contributed by atoms with Gasteiger partial charge in [-0.15, -0.1) is 0 Å². The summed E-state index contributed by atoms with van der Waals surface area (Å²) >= 11 is 0. The smallest absolute Gasteiger partial charge is 0.323 e. The van der Waals surface area contributed by atoms with Crippen molar-refractivity contribution in [3.63, 3.8) is 0 Å². The first-order valence-electron chi connectivity index (χ1n) is 7.73. The van der Waals surface area contributed by atoms with Crippen LogP contribution in [-0.4, -0.2) is 20.3 Å². The molecule has 0 spiro atoms. The first-order chi connectivity index (χ1) is 11.3. The van der Waals surface area contributed by atoms with E-state index in [0.717, 1.165) is 5.69 Å². The largest absolute Gasteiger partial charge is 0.497 e. The molecule has 0 aliphatic heterocycles. The number of methoxy groups -OCH3 is 2. The molecule has 0 aliphatic rings. The van der Waals surface area contributed by atoms with Crippen LogP contribution in [0.1, 0.15) is 26.3 Å². The Morgan fingerprint density at radius 1 is 0.833 bits per heavy atom.